The van der Waals surface area contributed by atoms with Crippen molar-refractivity contribution in [1.29, 1.82) is 0 Å². The van der Waals surface area contributed by atoms with Crippen molar-refractivity contribution in [2.45, 2.75) is 6.54 Å². The molecule has 2 aliphatic rings. The molecule has 0 unspecified atom stereocenters. The van der Waals surface area contributed by atoms with Crippen LogP contribution in [0.1, 0.15) is 5.56 Å². The highest BCUT2D eigenvalue weighted by Crippen LogP contribution is 2.42. The molecule has 6 nitrogen and oxygen atoms in total. The van der Waals surface area contributed by atoms with Crippen molar-refractivity contribution in [2.24, 2.45) is 0 Å². The van der Waals surface area contributed by atoms with Gasteiger partial charge in [0.2, 0.25) is 6.79 Å². The number of hydrogen-bond acceptors (Lipinski definition) is 6. The van der Waals surface area contributed by atoms with E-state index in [9.17, 15) is 5.11 Å². The highest BCUT2D eigenvalue weighted by molar-refractivity contribution is 6.11. The number of nitrogens with zero attached hydrogens (tertiary/aromatic N) is 2. The van der Waals surface area contributed by atoms with E-state index in [1.807, 2.05) is 24.3 Å². The van der Waals surface area contributed by atoms with Gasteiger partial charge in [-0.3, -0.25) is 4.90 Å². The Hall–Kier alpha value is -2.70. The normalized spacial score (nSPS) is 17.5. The molecule has 2 heterocycles. The van der Waals surface area contributed by atoms with E-state index in [1.54, 1.807) is 7.11 Å². The van der Waals surface area contributed by atoms with Crippen LogP contribution in [0.3, 0.4) is 0 Å². The van der Waals surface area contributed by atoms with Crippen molar-refractivity contribution < 1.29 is 19.3 Å². The molecule has 1 saturated heterocycles. The Morgan fingerprint density at radius 2 is 1.68 bits per heavy atom. The Balaban J connectivity index is 1.69. The summed E-state index contributed by atoms with van der Waals surface area (Å²) in [6.07, 6.45) is 0. The van der Waals surface area contributed by atoms with Gasteiger partial charge in [0.15, 0.2) is 23.0 Å². The third-order valence-electron chi connectivity index (χ3n) is 5.82. The van der Waals surface area contributed by atoms with Gasteiger partial charge in [0.05, 0.1) is 7.11 Å². The van der Waals surface area contributed by atoms with E-state index in [2.05, 4.69) is 22.9 Å². The van der Waals surface area contributed by atoms with Crippen LogP contribution in [0.25, 0.3) is 21.5 Å². The van der Waals surface area contributed by atoms with Gasteiger partial charge >= 0.3 is 0 Å². The molecule has 0 atom stereocenters. The Morgan fingerprint density at radius 3 is 2.43 bits per heavy atom. The van der Waals surface area contributed by atoms with E-state index in [0.29, 0.717) is 5.75 Å². The molecule has 0 bridgehead atoms. The zero-order chi connectivity index (χ0) is 19.3. The Kier molecular flexibility index (Phi) is 4.18. The van der Waals surface area contributed by atoms with Crippen LogP contribution >= 0.6 is 0 Å². The number of likely N-dealkylation sites (N-methyl/N-ethyl adjacent to an activating group) is 1. The first-order chi connectivity index (χ1) is 13.6. The van der Waals surface area contributed by atoms with Crippen molar-refractivity contribution in [3.8, 4) is 23.0 Å². The van der Waals surface area contributed by atoms with Crippen molar-refractivity contribution >= 4 is 21.5 Å². The summed E-state index contributed by atoms with van der Waals surface area (Å²) in [7, 11) is 3.74. The first-order valence-corrected chi connectivity index (χ1v) is 9.59. The monoisotopic (exact) mass is 380 g/mol. The zero-order valence-corrected chi connectivity index (χ0v) is 16.2. The molecular weight excluding hydrogens is 356 g/mol. The lowest BCUT2D eigenvalue weighted by Gasteiger charge is -2.32. The molecule has 0 aromatic heterocycles. The topological polar surface area (TPSA) is 54.4 Å². The Bertz CT molecular complexity index is 1060. The Morgan fingerprint density at radius 1 is 0.929 bits per heavy atom. The van der Waals surface area contributed by atoms with Crippen molar-refractivity contribution in [3.63, 3.8) is 0 Å². The summed E-state index contributed by atoms with van der Waals surface area (Å²) in [6.45, 7) is 5.33. The van der Waals surface area contributed by atoms with E-state index in [4.69, 9.17) is 14.2 Å². The van der Waals surface area contributed by atoms with E-state index >= 15 is 0 Å². The van der Waals surface area contributed by atoms with Crippen molar-refractivity contribution in [1.82, 2.24) is 9.80 Å². The average Bonchev–Trinajstić information content (AvgIpc) is 3.15. The van der Waals surface area contributed by atoms with Crippen LogP contribution in [-0.2, 0) is 6.54 Å². The first-order valence-electron chi connectivity index (χ1n) is 9.59. The summed E-state index contributed by atoms with van der Waals surface area (Å²) in [5.41, 5.74) is 1.20. The Labute approximate surface area is 163 Å². The maximum Gasteiger partial charge on any atom is 0.231 e. The van der Waals surface area contributed by atoms with E-state index in [-0.39, 0.29) is 12.5 Å². The smallest absolute Gasteiger partial charge is 0.231 e. The van der Waals surface area contributed by atoms with Gasteiger partial charge in [-0.2, -0.15) is 0 Å². The molecule has 1 N–H and O–H groups in total. The SMILES string of the molecule is COc1cc2c(cc1O)c(CN1CCN(C)CC1)cc1cc3c(cc12)OCO3. The minimum atomic E-state index is 0.162. The summed E-state index contributed by atoms with van der Waals surface area (Å²) in [6, 6.07) is 10.0. The number of rotatable bonds is 3. The second-order valence-electron chi connectivity index (χ2n) is 7.61. The number of hydrogen-bond donors (Lipinski definition) is 1. The maximum absolute atomic E-state index is 10.4. The molecule has 5 rings (SSSR count). The molecule has 0 radical (unpaired) electrons. The minimum Gasteiger partial charge on any atom is -0.504 e. The molecule has 0 saturated carbocycles. The van der Waals surface area contributed by atoms with Gasteiger partial charge in [0.25, 0.3) is 0 Å². The van der Waals surface area contributed by atoms with Gasteiger partial charge in [-0.1, -0.05) is 0 Å². The lowest BCUT2D eigenvalue weighted by molar-refractivity contribution is 0.148. The third-order valence-corrected chi connectivity index (χ3v) is 5.82. The molecule has 2 aliphatic heterocycles. The molecule has 28 heavy (non-hydrogen) atoms. The van der Waals surface area contributed by atoms with Gasteiger partial charge in [0.1, 0.15) is 0 Å². The fourth-order valence-electron chi connectivity index (χ4n) is 4.17. The number of phenols is 1. The minimum absolute atomic E-state index is 0.162. The molecule has 0 amide bonds. The highest BCUT2D eigenvalue weighted by Gasteiger charge is 2.20. The largest absolute Gasteiger partial charge is 0.504 e. The maximum atomic E-state index is 10.4. The van der Waals surface area contributed by atoms with Gasteiger partial charge in [-0.25, -0.2) is 0 Å². The van der Waals surface area contributed by atoms with Crippen molar-refractivity contribution in [2.75, 3.05) is 47.1 Å². The predicted octanol–water partition coefficient (Wildman–Crippen LogP) is 3.18. The van der Waals surface area contributed by atoms with Crippen LogP contribution in [0.15, 0.2) is 30.3 Å². The standard InChI is InChI=1S/C22H24N2O4/c1-23-3-5-24(6-4-23)12-15-7-14-8-21-22(28-13-27-21)10-17(14)18-11-20(26-2)19(25)9-16(15)18/h7-11,25H,3-6,12-13H2,1-2H3. The molecule has 146 valence electrons. The highest BCUT2D eigenvalue weighted by atomic mass is 16.7. The number of fused-ring (bicyclic) bond motifs is 4. The summed E-state index contributed by atoms with van der Waals surface area (Å²) in [4.78, 5) is 4.82. The lowest BCUT2D eigenvalue weighted by Crippen LogP contribution is -2.43. The lowest BCUT2D eigenvalue weighted by atomic mass is 9.95. The number of methoxy groups -OCH3 is 1. The fourth-order valence-corrected chi connectivity index (χ4v) is 4.17. The summed E-state index contributed by atoms with van der Waals surface area (Å²) in [5.74, 6) is 2.17. The summed E-state index contributed by atoms with van der Waals surface area (Å²) in [5, 5.41) is 14.7. The van der Waals surface area contributed by atoms with Gasteiger partial charge in [-0.15, -0.1) is 0 Å². The molecule has 3 aromatic carbocycles. The number of piperazine rings is 1. The predicted molar refractivity (Wildman–Crippen MR) is 109 cm³/mol. The van der Waals surface area contributed by atoms with E-state index in [0.717, 1.165) is 65.8 Å². The van der Waals surface area contributed by atoms with Gasteiger partial charge < -0.3 is 24.2 Å². The van der Waals surface area contributed by atoms with Crippen LogP contribution < -0.4 is 14.2 Å². The molecule has 3 aromatic rings. The van der Waals surface area contributed by atoms with Crippen LogP contribution in [0.4, 0.5) is 0 Å². The zero-order valence-electron chi connectivity index (χ0n) is 16.2. The van der Waals surface area contributed by atoms with E-state index in [1.165, 1.54) is 5.56 Å². The molecule has 1 fully saturated rings. The third kappa shape index (κ3) is 2.89. The molecule has 6 heteroatoms. The summed E-state index contributed by atoms with van der Waals surface area (Å²) < 4.78 is 16.5. The quantitative estimate of drug-likeness (QED) is 0.705. The number of phenolic OH excluding ortho intramolecular Hbond substituents is 1. The molecular formula is C22H24N2O4. The second-order valence-corrected chi connectivity index (χ2v) is 7.61. The van der Waals surface area contributed by atoms with Crippen LogP contribution in [0, 0.1) is 0 Å². The number of ether oxygens (including phenoxy) is 3. The van der Waals surface area contributed by atoms with Gasteiger partial charge in [0, 0.05) is 32.7 Å². The first kappa shape index (κ1) is 17.4. The average molecular weight is 380 g/mol. The number of aromatic hydroxyl groups is 1. The van der Waals surface area contributed by atoms with E-state index < -0.39 is 0 Å². The van der Waals surface area contributed by atoms with Crippen molar-refractivity contribution in [3.05, 3.63) is 35.9 Å². The number of benzene rings is 3. The van der Waals surface area contributed by atoms with Crippen LogP contribution in [0.2, 0.25) is 0 Å². The van der Waals surface area contributed by atoms with Crippen LogP contribution in [0.5, 0.6) is 23.0 Å². The fraction of sp³-hybridized carbons (Fsp3) is 0.364. The molecule has 0 aliphatic carbocycles. The van der Waals surface area contributed by atoms with Crippen LogP contribution in [-0.4, -0.2) is 62.0 Å². The summed E-state index contributed by atoms with van der Waals surface area (Å²) >= 11 is 0. The molecule has 0 spiro atoms. The van der Waals surface area contributed by atoms with Gasteiger partial charge in [-0.05, 0) is 64.5 Å². The second kappa shape index (κ2) is 6.72.